The second kappa shape index (κ2) is 5.19. The number of hydrogen-bond donors (Lipinski definition) is 3. The molecule has 0 radical (unpaired) electrons. The third-order valence-electron chi connectivity index (χ3n) is 3.55. The lowest BCUT2D eigenvalue weighted by molar-refractivity contribution is 0.0465. The molecule has 1 atom stereocenters. The van der Waals surface area contributed by atoms with E-state index < -0.39 is 21.6 Å². The van der Waals surface area contributed by atoms with Gasteiger partial charge in [-0.1, -0.05) is 0 Å². The first-order chi connectivity index (χ1) is 9.22. The van der Waals surface area contributed by atoms with Gasteiger partial charge < -0.3 is 15.2 Å². The van der Waals surface area contributed by atoms with Gasteiger partial charge in [0.15, 0.2) is 0 Å². The van der Waals surface area contributed by atoms with Crippen LogP contribution in [0.5, 0.6) is 0 Å². The van der Waals surface area contributed by atoms with Crippen molar-refractivity contribution in [3.05, 3.63) is 18.0 Å². The molecule has 0 aliphatic carbocycles. The first-order valence-corrected chi connectivity index (χ1v) is 7.81. The summed E-state index contributed by atoms with van der Waals surface area (Å²) in [7, 11) is -3.72. The number of nitrogens with zero attached hydrogens (tertiary/aromatic N) is 1. The lowest BCUT2D eigenvalue weighted by Crippen LogP contribution is -2.33. The Morgan fingerprint density at radius 3 is 2.70 bits per heavy atom. The van der Waals surface area contributed by atoms with Crippen LogP contribution in [-0.2, 0) is 10.0 Å². The fraction of sp³-hybridized carbons (Fsp3) is 0.583. The molecule has 0 amide bonds. The Bertz CT molecular complexity index is 605. The molecule has 1 saturated heterocycles. The number of H-pyrrole nitrogens is 1. The van der Waals surface area contributed by atoms with Gasteiger partial charge in [0, 0.05) is 19.3 Å². The van der Waals surface area contributed by atoms with Crippen molar-refractivity contribution < 1.29 is 23.4 Å². The van der Waals surface area contributed by atoms with E-state index in [1.807, 2.05) is 0 Å². The van der Waals surface area contributed by atoms with Gasteiger partial charge in [-0.3, -0.25) is 0 Å². The van der Waals surface area contributed by atoms with E-state index in [4.69, 9.17) is 5.11 Å². The summed E-state index contributed by atoms with van der Waals surface area (Å²) in [6.45, 7) is 2.25. The van der Waals surface area contributed by atoms with Gasteiger partial charge >= 0.3 is 5.97 Å². The van der Waals surface area contributed by atoms with Crippen LogP contribution < -0.4 is 0 Å². The number of aromatic nitrogens is 1. The van der Waals surface area contributed by atoms with E-state index in [-0.39, 0.29) is 17.1 Å². The molecule has 1 fully saturated rings. The highest BCUT2D eigenvalue weighted by Crippen LogP contribution is 2.25. The highest BCUT2D eigenvalue weighted by Gasteiger charge is 2.32. The van der Waals surface area contributed by atoms with Crippen LogP contribution in [0.3, 0.4) is 0 Å². The monoisotopic (exact) mass is 302 g/mol. The molecule has 1 aliphatic heterocycles. The average molecular weight is 302 g/mol. The summed E-state index contributed by atoms with van der Waals surface area (Å²) < 4.78 is 26.1. The summed E-state index contributed by atoms with van der Waals surface area (Å²) in [6.07, 6.45) is 2.67. The molecule has 8 heteroatoms. The standard InChI is InChI=1S/C12H18N2O5S/c1-12(17)3-2-5-14(6-4-12)20(18,19)9-7-10(11(15)16)13-8-9/h7-8,13,17H,2-6H2,1H3,(H,15,16). The quantitative estimate of drug-likeness (QED) is 0.758. The molecule has 0 aromatic carbocycles. The van der Waals surface area contributed by atoms with Crippen molar-refractivity contribution in [3.63, 3.8) is 0 Å². The number of hydrogen-bond acceptors (Lipinski definition) is 4. The van der Waals surface area contributed by atoms with Crippen LogP contribution >= 0.6 is 0 Å². The molecule has 20 heavy (non-hydrogen) atoms. The Morgan fingerprint density at radius 2 is 2.10 bits per heavy atom. The van der Waals surface area contributed by atoms with Crippen molar-refractivity contribution in [1.29, 1.82) is 0 Å². The number of aromatic carboxylic acids is 1. The predicted molar refractivity (Wildman–Crippen MR) is 71.0 cm³/mol. The number of aliphatic hydroxyl groups is 1. The van der Waals surface area contributed by atoms with E-state index in [9.17, 15) is 18.3 Å². The first-order valence-electron chi connectivity index (χ1n) is 6.37. The van der Waals surface area contributed by atoms with Gasteiger partial charge in [0.1, 0.15) is 10.6 Å². The number of aromatic amines is 1. The maximum atomic E-state index is 12.4. The molecule has 1 aromatic heterocycles. The molecule has 2 heterocycles. The van der Waals surface area contributed by atoms with Gasteiger partial charge in [-0.25, -0.2) is 13.2 Å². The minimum Gasteiger partial charge on any atom is -0.477 e. The maximum absolute atomic E-state index is 12.4. The summed E-state index contributed by atoms with van der Waals surface area (Å²) in [5.74, 6) is -1.20. The molecule has 3 N–H and O–H groups in total. The minimum atomic E-state index is -3.72. The topological polar surface area (TPSA) is 111 Å². The van der Waals surface area contributed by atoms with E-state index in [0.717, 1.165) is 6.07 Å². The van der Waals surface area contributed by atoms with E-state index in [1.54, 1.807) is 6.92 Å². The fourth-order valence-electron chi connectivity index (χ4n) is 2.27. The van der Waals surface area contributed by atoms with Gasteiger partial charge in [-0.05, 0) is 32.3 Å². The van der Waals surface area contributed by atoms with Crippen molar-refractivity contribution in [2.24, 2.45) is 0 Å². The molecular weight excluding hydrogens is 284 g/mol. The molecule has 7 nitrogen and oxygen atoms in total. The Kier molecular flexibility index (Phi) is 3.90. The molecule has 0 spiro atoms. The summed E-state index contributed by atoms with van der Waals surface area (Å²) in [5, 5.41) is 18.8. The third kappa shape index (κ3) is 3.02. The molecule has 0 bridgehead atoms. The number of sulfonamides is 1. The molecule has 2 rings (SSSR count). The Morgan fingerprint density at radius 1 is 1.40 bits per heavy atom. The van der Waals surface area contributed by atoms with Crippen LogP contribution in [0, 0.1) is 0 Å². The lowest BCUT2D eigenvalue weighted by Gasteiger charge is -2.21. The van der Waals surface area contributed by atoms with E-state index in [1.165, 1.54) is 10.5 Å². The average Bonchev–Trinajstić information content (AvgIpc) is 2.76. The smallest absolute Gasteiger partial charge is 0.352 e. The van der Waals surface area contributed by atoms with Gasteiger partial charge in [-0.2, -0.15) is 4.31 Å². The lowest BCUT2D eigenvalue weighted by atomic mass is 9.98. The van der Waals surface area contributed by atoms with E-state index in [0.29, 0.717) is 25.8 Å². The Balaban J connectivity index is 2.23. The van der Waals surface area contributed by atoms with Crippen molar-refractivity contribution in [1.82, 2.24) is 9.29 Å². The van der Waals surface area contributed by atoms with Gasteiger partial charge in [0.2, 0.25) is 10.0 Å². The summed E-state index contributed by atoms with van der Waals surface area (Å²) in [4.78, 5) is 13.2. The first kappa shape index (κ1) is 15.0. The van der Waals surface area contributed by atoms with Gasteiger partial charge in [0.25, 0.3) is 0 Å². The van der Waals surface area contributed by atoms with Crippen LogP contribution in [-0.4, -0.2) is 52.6 Å². The summed E-state index contributed by atoms with van der Waals surface area (Å²) in [5.41, 5.74) is -1.01. The summed E-state index contributed by atoms with van der Waals surface area (Å²) in [6, 6.07) is 1.11. The van der Waals surface area contributed by atoms with Gasteiger partial charge in [-0.15, -0.1) is 0 Å². The highest BCUT2D eigenvalue weighted by atomic mass is 32.2. The molecule has 1 aromatic rings. The van der Waals surface area contributed by atoms with Crippen LogP contribution in [0.25, 0.3) is 0 Å². The van der Waals surface area contributed by atoms with Crippen LogP contribution in [0.2, 0.25) is 0 Å². The number of rotatable bonds is 3. The van der Waals surface area contributed by atoms with Gasteiger partial charge in [0.05, 0.1) is 5.60 Å². The zero-order valence-electron chi connectivity index (χ0n) is 11.2. The second-order valence-electron chi connectivity index (χ2n) is 5.31. The molecule has 0 saturated carbocycles. The molecular formula is C12H18N2O5S. The van der Waals surface area contributed by atoms with Crippen LogP contribution in [0.15, 0.2) is 17.2 Å². The normalized spacial score (nSPS) is 25.3. The molecule has 1 aliphatic rings. The predicted octanol–water partition coefficient (Wildman–Crippen LogP) is 0.639. The third-order valence-corrected chi connectivity index (χ3v) is 5.42. The van der Waals surface area contributed by atoms with Crippen LogP contribution in [0.4, 0.5) is 0 Å². The molecule has 1 unspecified atom stereocenters. The van der Waals surface area contributed by atoms with E-state index in [2.05, 4.69) is 4.98 Å². The Labute approximate surface area is 117 Å². The number of carboxylic acid groups (broad SMARTS) is 1. The van der Waals surface area contributed by atoms with Crippen molar-refractivity contribution in [3.8, 4) is 0 Å². The van der Waals surface area contributed by atoms with E-state index >= 15 is 0 Å². The SMILES string of the molecule is CC1(O)CCCN(S(=O)(=O)c2c[nH]c(C(=O)O)c2)CC1. The summed E-state index contributed by atoms with van der Waals surface area (Å²) >= 11 is 0. The maximum Gasteiger partial charge on any atom is 0.352 e. The fourth-order valence-corrected chi connectivity index (χ4v) is 3.75. The number of carboxylic acids is 1. The Hall–Kier alpha value is -1.38. The zero-order valence-corrected chi connectivity index (χ0v) is 12.0. The zero-order chi connectivity index (χ0) is 15.0. The largest absolute Gasteiger partial charge is 0.477 e. The second-order valence-corrected chi connectivity index (χ2v) is 7.25. The highest BCUT2D eigenvalue weighted by molar-refractivity contribution is 7.89. The van der Waals surface area contributed by atoms with Crippen molar-refractivity contribution in [2.75, 3.05) is 13.1 Å². The number of nitrogens with one attached hydrogen (secondary N) is 1. The molecule has 112 valence electrons. The van der Waals surface area contributed by atoms with Crippen molar-refractivity contribution in [2.45, 2.75) is 36.7 Å². The van der Waals surface area contributed by atoms with Crippen LogP contribution in [0.1, 0.15) is 36.7 Å². The van der Waals surface area contributed by atoms with Crippen molar-refractivity contribution >= 4 is 16.0 Å². The number of carbonyl (C=O) groups is 1. The minimum absolute atomic E-state index is 0.0588.